The van der Waals surface area contributed by atoms with E-state index in [4.69, 9.17) is 4.74 Å². The van der Waals surface area contributed by atoms with E-state index in [0.29, 0.717) is 11.8 Å². The Morgan fingerprint density at radius 2 is 1.61 bits per heavy atom. The summed E-state index contributed by atoms with van der Waals surface area (Å²) in [5, 5.41) is 0. The van der Waals surface area contributed by atoms with E-state index in [1.807, 2.05) is 0 Å². The third kappa shape index (κ3) is 4.36. The van der Waals surface area contributed by atoms with Crippen molar-refractivity contribution in [1.29, 1.82) is 0 Å². The number of hydrogen-bond acceptors (Lipinski definition) is 1. The first-order chi connectivity index (χ1) is 8.20. The van der Waals surface area contributed by atoms with Crippen LogP contribution in [0.25, 0.3) is 0 Å². The molecule has 0 aliphatic heterocycles. The van der Waals surface area contributed by atoms with Gasteiger partial charge in [0.15, 0.2) is 0 Å². The van der Waals surface area contributed by atoms with E-state index in [1.165, 1.54) is 11.1 Å². The summed E-state index contributed by atoms with van der Waals surface area (Å²) in [4.78, 5) is 0. The molecule has 0 heterocycles. The molecule has 1 rings (SSSR count). The molecule has 0 unspecified atom stereocenters. The molecule has 1 heteroatoms. The second-order valence-electron chi connectivity index (χ2n) is 6.90. The molecule has 0 spiro atoms. The summed E-state index contributed by atoms with van der Waals surface area (Å²) in [6, 6.07) is 6.68. The average molecular weight is 248 g/mol. The Morgan fingerprint density at radius 1 is 1.00 bits per heavy atom. The summed E-state index contributed by atoms with van der Waals surface area (Å²) in [6.45, 7) is 16.3. The fraction of sp³-hybridized carbons (Fsp3) is 0.647. The van der Waals surface area contributed by atoms with Crippen LogP contribution in [0.15, 0.2) is 18.2 Å². The lowest BCUT2D eigenvalue weighted by atomic mass is 9.84. The second kappa shape index (κ2) is 5.77. The van der Waals surface area contributed by atoms with Gasteiger partial charge in [0.05, 0.1) is 6.61 Å². The van der Waals surface area contributed by atoms with Crippen molar-refractivity contribution >= 4 is 0 Å². The summed E-state index contributed by atoms with van der Waals surface area (Å²) in [5.41, 5.74) is 2.88. The van der Waals surface area contributed by atoms with E-state index in [0.717, 1.165) is 12.4 Å². The molecule has 102 valence electrons. The van der Waals surface area contributed by atoms with Crippen LogP contribution in [-0.4, -0.2) is 6.61 Å². The third-order valence-corrected chi connectivity index (χ3v) is 3.04. The molecule has 1 aromatic rings. The number of ether oxygens (including phenoxy) is 1. The van der Waals surface area contributed by atoms with E-state index in [9.17, 15) is 0 Å². The molecule has 0 aliphatic carbocycles. The van der Waals surface area contributed by atoms with Gasteiger partial charge in [-0.05, 0) is 40.5 Å². The Labute approximate surface area is 113 Å². The molecule has 1 nitrogen and oxygen atoms in total. The first-order valence-electron chi connectivity index (χ1n) is 6.98. The number of benzene rings is 1. The zero-order chi connectivity index (χ0) is 13.9. The molecule has 0 radical (unpaired) electrons. The highest BCUT2D eigenvalue weighted by Gasteiger charge is 2.16. The normalized spacial score (nSPS) is 12.3. The quantitative estimate of drug-likeness (QED) is 0.716. The highest BCUT2D eigenvalue weighted by Crippen LogP contribution is 2.30. The lowest BCUT2D eigenvalue weighted by molar-refractivity contribution is 0.270. The Kier molecular flexibility index (Phi) is 4.84. The van der Waals surface area contributed by atoms with Crippen LogP contribution in [0.1, 0.15) is 65.5 Å². The minimum Gasteiger partial charge on any atom is -0.493 e. The Morgan fingerprint density at radius 3 is 2.06 bits per heavy atom. The van der Waals surface area contributed by atoms with Crippen molar-refractivity contribution in [3.05, 3.63) is 29.3 Å². The smallest absolute Gasteiger partial charge is 0.119 e. The summed E-state index contributed by atoms with van der Waals surface area (Å²) >= 11 is 0. The first kappa shape index (κ1) is 15.1. The Balaban J connectivity index is 3.06. The molecule has 0 saturated carbocycles. The monoisotopic (exact) mass is 248 g/mol. The zero-order valence-corrected chi connectivity index (χ0v) is 13.0. The van der Waals surface area contributed by atoms with Gasteiger partial charge in [0.25, 0.3) is 0 Å². The van der Waals surface area contributed by atoms with Crippen LogP contribution >= 0.6 is 0 Å². The van der Waals surface area contributed by atoms with Crippen LogP contribution in [0, 0.1) is 5.92 Å². The van der Waals surface area contributed by atoms with Gasteiger partial charge >= 0.3 is 0 Å². The minimum absolute atomic E-state index is 0.168. The van der Waals surface area contributed by atoms with Crippen LogP contribution in [0.3, 0.4) is 0 Å². The summed E-state index contributed by atoms with van der Waals surface area (Å²) in [7, 11) is 0. The van der Waals surface area contributed by atoms with Crippen LogP contribution in [0.5, 0.6) is 5.75 Å². The zero-order valence-electron chi connectivity index (χ0n) is 13.0. The van der Waals surface area contributed by atoms with Crippen LogP contribution in [-0.2, 0) is 5.41 Å². The Bertz CT molecular complexity index is 383. The van der Waals surface area contributed by atoms with Crippen molar-refractivity contribution in [2.45, 2.75) is 59.8 Å². The molecule has 18 heavy (non-hydrogen) atoms. The summed E-state index contributed by atoms with van der Waals surface area (Å²) in [5.74, 6) is 2.11. The van der Waals surface area contributed by atoms with Gasteiger partial charge in [-0.1, -0.05) is 54.5 Å². The summed E-state index contributed by atoms with van der Waals surface area (Å²) < 4.78 is 5.89. The Hall–Kier alpha value is -0.980. The van der Waals surface area contributed by atoms with Crippen molar-refractivity contribution in [1.82, 2.24) is 0 Å². The fourth-order valence-corrected chi connectivity index (χ4v) is 1.73. The molecule has 0 saturated heterocycles. The highest BCUT2D eigenvalue weighted by atomic mass is 16.5. The van der Waals surface area contributed by atoms with Gasteiger partial charge in [0.1, 0.15) is 5.75 Å². The van der Waals surface area contributed by atoms with E-state index in [2.05, 4.69) is 66.7 Å². The second-order valence-corrected chi connectivity index (χ2v) is 6.90. The van der Waals surface area contributed by atoms with Crippen molar-refractivity contribution < 1.29 is 4.74 Å². The predicted molar refractivity (Wildman–Crippen MR) is 79.6 cm³/mol. The molecule has 1 aromatic carbocycles. The predicted octanol–water partition coefficient (Wildman–Crippen LogP) is 5.14. The minimum atomic E-state index is 0.168. The van der Waals surface area contributed by atoms with Gasteiger partial charge in [0, 0.05) is 0 Å². The SMILES string of the molecule is CC(C)COc1cc(C(C)C)cc(C(C)(C)C)c1. The maximum Gasteiger partial charge on any atom is 0.119 e. The lowest BCUT2D eigenvalue weighted by Crippen LogP contribution is -2.13. The molecule has 0 bridgehead atoms. The molecule has 0 atom stereocenters. The van der Waals surface area contributed by atoms with Crippen molar-refractivity contribution in [2.75, 3.05) is 6.61 Å². The lowest BCUT2D eigenvalue weighted by Gasteiger charge is -2.22. The highest BCUT2D eigenvalue weighted by molar-refractivity contribution is 5.39. The van der Waals surface area contributed by atoms with Gasteiger partial charge in [-0.25, -0.2) is 0 Å². The van der Waals surface area contributed by atoms with Gasteiger partial charge in [0.2, 0.25) is 0 Å². The molecular formula is C17H28O. The van der Waals surface area contributed by atoms with Crippen molar-refractivity contribution in [2.24, 2.45) is 5.92 Å². The molecule has 0 aromatic heterocycles. The van der Waals surface area contributed by atoms with Gasteiger partial charge in [-0.2, -0.15) is 0 Å². The molecular weight excluding hydrogens is 220 g/mol. The van der Waals surface area contributed by atoms with Gasteiger partial charge < -0.3 is 4.74 Å². The maximum atomic E-state index is 5.89. The van der Waals surface area contributed by atoms with Crippen LogP contribution < -0.4 is 4.74 Å². The fourth-order valence-electron chi connectivity index (χ4n) is 1.73. The number of rotatable bonds is 4. The molecule has 0 amide bonds. The average Bonchev–Trinajstić information content (AvgIpc) is 2.24. The first-order valence-corrected chi connectivity index (χ1v) is 6.98. The van der Waals surface area contributed by atoms with Gasteiger partial charge in [-0.15, -0.1) is 0 Å². The van der Waals surface area contributed by atoms with E-state index in [1.54, 1.807) is 0 Å². The van der Waals surface area contributed by atoms with Crippen LogP contribution in [0.2, 0.25) is 0 Å². The molecule has 0 N–H and O–H groups in total. The maximum absolute atomic E-state index is 5.89. The largest absolute Gasteiger partial charge is 0.493 e. The topological polar surface area (TPSA) is 9.23 Å². The van der Waals surface area contributed by atoms with E-state index < -0.39 is 0 Å². The van der Waals surface area contributed by atoms with E-state index >= 15 is 0 Å². The van der Waals surface area contributed by atoms with Gasteiger partial charge in [-0.3, -0.25) is 0 Å². The van der Waals surface area contributed by atoms with Crippen LogP contribution in [0.4, 0.5) is 0 Å². The standard InChI is InChI=1S/C17H28O/c1-12(2)11-18-16-9-14(13(3)4)8-15(10-16)17(5,6)7/h8-10,12-13H,11H2,1-7H3. The van der Waals surface area contributed by atoms with Crippen molar-refractivity contribution in [3.63, 3.8) is 0 Å². The summed E-state index contributed by atoms with van der Waals surface area (Å²) in [6.07, 6.45) is 0. The third-order valence-electron chi connectivity index (χ3n) is 3.04. The number of hydrogen-bond donors (Lipinski definition) is 0. The molecule has 0 aliphatic rings. The van der Waals surface area contributed by atoms with E-state index in [-0.39, 0.29) is 5.41 Å². The van der Waals surface area contributed by atoms with Crippen molar-refractivity contribution in [3.8, 4) is 5.75 Å². The molecule has 0 fully saturated rings.